The van der Waals surface area contributed by atoms with Crippen molar-refractivity contribution in [3.05, 3.63) is 34.9 Å². The molecule has 136 valence electrons. The van der Waals surface area contributed by atoms with Crippen molar-refractivity contribution in [2.24, 2.45) is 0 Å². The summed E-state index contributed by atoms with van der Waals surface area (Å²) in [6, 6.07) is 5.88. The van der Waals surface area contributed by atoms with E-state index in [0.29, 0.717) is 43.3 Å². The van der Waals surface area contributed by atoms with Crippen LogP contribution in [0.1, 0.15) is 24.2 Å². The van der Waals surface area contributed by atoms with Gasteiger partial charge in [-0.2, -0.15) is 0 Å². The third-order valence-corrected chi connectivity index (χ3v) is 4.45. The van der Waals surface area contributed by atoms with Crippen molar-refractivity contribution >= 4 is 29.4 Å². The Morgan fingerprint density at radius 1 is 1.12 bits per heavy atom. The first-order chi connectivity index (χ1) is 11.9. The van der Waals surface area contributed by atoms with Crippen molar-refractivity contribution in [1.29, 1.82) is 0 Å². The van der Waals surface area contributed by atoms with Gasteiger partial charge in [-0.15, -0.1) is 0 Å². The minimum absolute atomic E-state index is 0.0456. The zero-order chi connectivity index (χ0) is 18.4. The first-order valence-corrected chi connectivity index (χ1v) is 8.67. The molecule has 1 aliphatic heterocycles. The zero-order valence-corrected chi connectivity index (χ0v) is 15.2. The van der Waals surface area contributed by atoms with Gasteiger partial charge in [-0.3, -0.25) is 19.8 Å². The van der Waals surface area contributed by atoms with E-state index in [9.17, 15) is 14.4 Å². The van der Waals surface area contributed by atoms with E-state index in [-0.39, 0.29) is 11.8 Å². The number of carbonyl (C=O) groups excluding carboxylic acids is 3. The van der Waals surface area contributed by atoms with Crippen molar-refractivity contribution in [2.75, 3.05) is 32.7 Å². The van der Waals surface area contributed by atoms with E-state index < -0.39 is 12.1 Å². The minimum atomic E-state index is -0.490. The lowest BCUT2D eigenvalue weighted by Crippen LogP contribution is -2.56. The fourth-order valence-corrected chi connectivity index (χ4v) is 2.80. The van der Waals surface area contributed by atoms with Crippen LogP contribution in [0.3, 0.4) is 0 Å². The van der Waals surface area contributed by atoms with E-state index in [1.54, 1.807) is 43.0 Å². The van der Waals surface area contributed by atoms with Crippen LogP contribution in [0.15, 0.2) is 24.3 Å². The molecule has 2 N–H and O–H groups in total. The summed E-state index contributed by atoms with van der Waals surface area (Å²) in [6.45, 7) is 6.20. The number of carbonyl (C=O) groups is 3. The molecular weight excluding hydrogens is 344 g/mol. The molecule has 7 nitrogen and oxygen atoms in total. The molecule has 1 unspecified atom stereocenters. The summed E-state index contributed by atoms with van der Waals surface area (Å²) in [4.78, 5) is 39.7. The van der Waals surface area contributed by atoms with Gasteiger partial charge in [0.25, 0.3) is 5.91 Å². The van der Waals surface area contributed by atoms with Crippen LogP contribution in [-0.4, -0.2) is 66.4 Å². The Morgan fingerprint density at radius 3 is 2.28 bits per heavy atom. The van der Waals surface area contributed by atoms with E-state index in [2.05, 4.69) is 10.6 Å². The maximum absolute atomic E-state index is 12.5. The van der Waals surface area contributed by atoms with Crippen LogP contribution >= 0.6 is 11.6 Å². The molecule has 2 rings (SSSR count). The smallest absolute Gasteiger partial charge is 0.321 e. The van der Waals surface area contributed by atoms with E-state index in [1.807, 2.05) is 4.90 Å². The number of hydrogen-bond acceptors (Lipinski definition) is 4. The summed E-state index contributed by atoms with van der Waals surface area (Å²) >= 11 is 5.84. The Labute approximate surface area is 152 Å². The van der Waals surface area contributed by atoms with Gasteiger partial charge in [0.1, 0.15) is 0 Å². The second kappa shape index (κ2) is 8.82. The lowest BCUT2D eigenvalue weighted by molar-refractivity contribution is -0.125. The number of benzene rings is 1. The van der Waals surface area contributed by atoms with E-state index in [1.165, 1.54) is 0 Å². The second-order valence-corrected chi connectivity index (χ2v) is 6.30. The van der Waals surface area contributed by atoms with Crippen LogP contribution in [0.5, 0.6) is 0 Å². The Balaban J connectivity index is 1.86. The molecule has 1 aromatic rings. The number of nitrogens with one attached hydrogen (secondary N) is 2. The minimum Gasteiger partial charge on any atom is -0.338 e. The molecule has 0 bridgehead atoms. The van der Waals surface area contributed by atoms with Crippen molar-refractivity contribution in [2.45, 2.75) is 19.9 Å². The van der Waals surface area contributed by atoms with Gasteiger partial charge >= 0.3 is 6.03 Å². The van der Waals surface area contributed by atoms with Gasteiger partial charge in [-0.1, -0.05) is 11.6 Å². The largest absolute Gasteiger partial charge is 0.338 e. The fourth-order valence-electron chi connectivity index (χ4n) is 2.67. The highest BCUT2D eigenvalue weighted by Crippen LogP contribution is 2.14. The quantitative estimate of drug-likeness (QED) is 0.842. The highest BCUT2D eigenvalue weighted by Gasteiger charge is 2.28. The standard InChI is InChI=1S/C17H23ClN4O3/c1-3-19-17(25)20-15(23)12(2)21-8-10-22(11-9-21)16(24)13-4-6-14(18)7-5-13/h4-7,12H,3,8-11H2,1-2H3,(H2,19,20,23,25). The van der Waals surface area contributed by atoms with Crippen molar-refractivity contribution in [3.63, 3.8) is 0 Å². The predicted octanol–water partition coefficient (Wildman–Crippen LogP) is 1.33. The maximum Gasteiger partial charge on any atom is 0.321 e. The average molecular weight is 367 g/mol. The van der Waals surface area contributed by atoms with Crippen LogP contribution in [0.25, 0.3) is 0 Å². The van der Waals surface area contributed by atoms with E-state index >= 15 is 0 Å². The molecule has 1 heterocycles. The molecule has 25 heavy (non-hydrogen) atoms. The van der Waals surface area contributed by atoms with Crippen molar-refractivity contribution in [3.8, 4) is 0 Å². The molecule has 0 spiro atoms. The number of rotatable bonds is 4. The molecule has 1 fully saturated rings. The van der Waals surface area contributed by atoms with Crippen molar-refractivity contribution < 1.29 is 14.4 Å². The highest BCUT2D eigenvalue weighted by molar-refractivity contribution is 6.30. The number of hydrogen-bond donors (Lipinski definition) is 2. The Bertz CT molecular complexity index is 627. The highest BCUT2D eigenvalue weighted by atomic mass is 35.5. The molecule has 1 aliphatic rings. The van der Waals surface area contributed by atoms with Crippen LogP contribution in [0.2, 0.25) is 5.02 Å². The van der Waals surface area contributed by atoms with Crippen LogP contribution in [0.4, 0.5) is 4.79 Å². The van der Waals surface area contributed by atoms with Crippen LogP contribution < -0.4 is 10.6 Å². The van der Waals surface area contributed by atoms with Crippen molar-refractivity contribution in [1.82, 2.24) is 20.4 Å². The number of imide groups is 1. The topological polar surface area (TPSA) is 81.8 Å². The Hall–Kier alpha value is -2.12. The fraction of sp³-hybridized carbons (Fsp3) is 0.471. The third kappa shape index (κ3) is 5.17. The summed E-state index contributed by atoms with van der Waals surface area (Å²) in [5.41, 5.74) is 0.597. The van der Waals surface area contributed by atoms with Gasteiger partial charge in [0.05, 0.1) is 6.04 Å². The number of nitrogens with zero attached hydrogens (tertiary/aromatic N) is 2. The van der Waals surface area contributed by atoms with Crippen LogP contribution in [-0.2, 0) is 4.79 Å². The van der Waals surface area contributed by atoms with Gasteiger partial charge in [0.2, 0.25) is 5.91 Å². The first kappa shape index (κ1) is 19.2. The third-order valence-electron chi connectivity index (χ3n) is 4.19. The Morgan fingerprint density at radius 2 is 1.72 bits per heavy atom. The van der Waals surface area contributed by atoms with Gasteiger partial charge in [0, 0.05) is 43.3 Å². The van der Waals surface area contributed by atoms with Gasteiger partial charge < -0.3 is 10.2 Å². The first-order valence-electron chi connectivity index (χ1n) is 8.30. The van der Waals surface area contributed by atoms with Gasteiger partial charge in [-0.25, -0.2) is 4.79 Å². The maximum atomic E-state index is 12.5. The zero-order valence-electron chi connectivity index (χ0n) is 14.4. The molecule has 8 heteroatoms. The molecule has 1 atom stereocenters. The van der Waals surface area contributed by atoms with E-state index in [0.717, 1.165) is 0 Å². The number of piperazine rings is 1. The number of amides is 4. The molecule has 0 radical (unpaired) electrons. The number of urea groups is 1. The SMILES string of the molecule is CCNC(=O)NC(=O)C(C)N1CCN(C(=O)c2ccc(Cl)cc2)CC1. The lowest BCUT2D eigenvalue weighted by atomic mass is 10.1. The summed E-state index contributed by atoms with van der Waals surface area (Å²) in [6.07, 6.45) is 0. The lowest BCUT2D eigenvalue weighted by Gasteiger charge is -2.37. The van der Waals surface area contributed by atoms with Gasteiger partial charge in [-0.05, 0) is 38.1 Å². The molecule has 0 aromatic heterocycles. The summed E-state index contributed by atoms with van der Waals surface area (Å²) < 4.78 is 0. The van der Waals surface area contributed by atoms with Gasteiger partial charge in [0.15, 0.2) is 0 Å². The summed E-state index contributed by atoms with van der Waals surface area (Å²) in [5, 5.41) is 5.44. The monoisotopic (exact) mass is 366 g/mol. The molecule has 0 aliphatic carbocycles. The molecule has 0 saturated carbocycles. The van der Waals surface area contributed by atoms with Crippen LogP contribution in [0, 0.1) is 0 Å². The molecular formula is C17H23ClN4O3. The Kier molecular flexibility index (Phi) is 6.78. The summed E-state index contributed by atoms with van der Waals surface area (Å²) in [5.74, 6) is -0.390. The molecule has 1 aromatic carbocycles. The summed E-state index contributed by atoms with van der Waals surface area (Å²) in [7, 11) is 0. The predicted molar refractivity (Wildman–Crippen MR) is 95.6 cm³/mol. The normalized spacial score (nSPS) is 16.2. The van der Waals surface area contributed by atoms with E-state index in [4.69, 9.17) is 11.6 Å². The average Bonchev–Trinajstić information content (AvgIpc) is 2.61. The second-order valence-electron chi connectivity index (χ2n) is 5.86. The molecule has 4 amide bonds. The number of halogens is 1. The molecule has 1 saturated heterocycles.